The van der Waals surface area contributed by atoms with Crippen molar-refractivity contribution in [1.29, 1.82) is 0 Å². The number of ether oxygens (including phenoxy) is 1. The first-order chi connectivity index (χ1) is 16.6. The second kappa shape index (κ2) is 8.99. The van der Waals surface area contributed by atoms with Gasteiger partial charge in [0.1, 0.15) is 11.8 Å². The van der Waals surface area contributed by atoms with Gasteiger partial charge in [-0.05, 0) is 66.8 Å². The molecule has 0 bridgehead atoms. The second-order valence-electron chi connectivity index (χ2n) is 7.83. The Kier molecular flexibility index (Phi) is 5.73. The fraction of sp³-hybridized carbons (Fsp3) is 0.115. The van der Waals surface area contributed by atoms with Crippen molar-refractivity contribution < 1.29 is 14.6 Å². The summed E-state index contributed by atoms with van der Waals surface area (Å²) in [6.45, 7) is 0. The van der Waals surface area contributed by atoms with E-state index in [-0.39, 0.29) is 17.6 Å². The Balaban J connectivity index is 1.69. The molecule has 2 aromatic heterocycles. The number of benzene rings is 2. The first kappa shape index (κ1) is 21.7. The van der Waals surface area contributed by atoms with Crippen molar-refractivity contribution in [2.75, 3.05) is 12.0 Å². The molecular formula is C26H22N4O3S. The largest absolute Gasteiger partial charge is 0.495 e. The van der Waals surface area contributed by atoms with Crippen molar-refractivity contribution in [2.24, 2.45) is 0 Å². The van der Waals surface area contributed by atoms with Crippen LogP contribution in [0.2, 0.25) is 0 Å². The molecule has 0 spiro atoms. The number of anilines is 1. The van der Waals surface area contributed by atoms with E-state index in [1.807, 2.05) is 76.3 Å². The minimum Gasteiger partial charge on any atom is -0.495 e. The molecule has 1 aliphatic heterocycles. The molecule has 2 atom stereocenters. The van der Waals surface area contributed by atoms with Gasteiger partial charge in [-0.15, -0.1) is 0 Å². The van der Waals surface area contributed by atoms with Gasteiger partial charge >= 0.3 is 5.97 Å². The number of carboxylic acids is 1. The fourth-order valence-electron chi connectivity index (χ4n) is 4.40. The van der Waals surface area contributed by atoms with Crippen molar-refractivity contribution in [3.63, 3.8) is 0 Å². The Morgan fingerprint density at radius 2 is 1.88 bits per heavy atom. The van der Waals surface area contributed by atoms with Crippen LogP contribution in [0.5, 0.6) is 5.75 Å². The number of para-hydroxylation sites is 2. The lowest BCUT2D eigenvalue weighted by atomic mass is 10.0. The van der Waals surface area contributed by atoms with E-state index in [9.17, 15) is 9.90 Å². The SMILES string of the molecule is COc1ccccc1N1C(=S)N[C@H](c2ccccn2)[C@@H]1c1cccn1-c1cccc(C(=O)O)c1. The molecule has 7 nitrogen and oxygen atoms in total. The summed E-state index contributed by atoms with van der Waals surface area (Å²) in [6.07, 6.45) is 3.69. The number of hydrogen-bond acceptors (Lipinski definition) is 4. The van der Waals surface area contributed by atoms with Gasteiger partial charge in [0.05, 0.1) is 30.1 Å². The maximum Gasteiger partial charge on any atom is 0.335 e. The predicted molar refractivity (Wildman–Crippen MR) is 134 cm³/mol. The molecule has 0 amide bonds. The van der Waals surface area contributed by atoms with E-state index in [1.54, 1.807) is 31.5 Å². The van der Waals surface area contributed by atoms with Gasteiger partial charge in [0.25, 0.3) is 0 Å². The van der Waals surface area contributed by atoms with E-state index in [2.05, 4.69) is 10.3 Å². The van der Waals surface area contributed by atoms with Gasteiger partial charge in [-0.2, -0.15) is 0 Å². The van der Waals surface area contributed by atoms with E-state index < -0.39 is 5.97 Å². The zero-order valence-electron chi connectivity index (χ0n) is 18.3. The number of thiocarbonyl (C=S) groups is 1. The summed E-state index contributed by atoms with van der Waals surface area (Å²) in [5, 5.41) is 13.5. The standard InChI is InChI=1S/C26H22N4O3S/c1-33-22-13-3-2-11-20(22)30-24(23(28-26(30)34)19-10-4-5-14-27-19)21-12-7-15-29(21)18-9-6-8-17(16-18)25(31)32/h2-16,23-24H,1H3,(H,28,34)(H,31,32)/t23-,24+/m1/s1. The molecule has 170 valence electrons. The maximum absolute atomic E-state index is 11.6. The number of aromatic carboxylic acids is 1. The molecule has 8 heteroatoms. The van der Waals surface area contributed by atoms with Gasteiger partial charge in [0.15, 0.2) is 5.11 Å². The highest BCUT2D eigenvalue weighted by Crippen LogP contribution is 2.44. The van der Waals surface area contributed by atoms with Crippen LogP contribution in [-0.4, -0.2) is 32.8 Å². The van der Waals surface area contributed by atoms with Crippen molar-refractivity contribution in [2.45, 2.75) is 12.1 Å². The van der Waals surface area contributed by atoms with Crippen molar-refractivity contribution in [3.8, 4) is 11.4 Å². The molecule has 0 aliphatic carbocycles. The molecule has 4 aromatic rings. The normalized spacial score (nSPS) is 17.4. The first-order valence-corrected chi connectivity index (χ1v) is 11.1. The van der Waals surface area contributed by atoms with Gasteiger partial charge in [-0.1, -0.05) is 24.3 Å². The maximum atomic E-state index is 11.6. The molecule has 34 heavy (non-hydrogen) atoms. The minimum absolute atomic E-state index is 0.222. The first-order valence-electron chi connectivity index (χ1n) is 10.7. The molecule has 0 radical (unpaired) electrons. The monoisotopic (exact) mass is 470 g/mol. The van der Waals surface area contributed by atoms with E-state index >= 15 is 0 Å². The third kappa shape index (κ3) is 3.78. The topological polar surface area (TPSA) is 79.6 Å². The van der Waals surface area contributed by atoms with Gasteiger partial charge in [0, 0.05) is 23.8 Å². The highest BCUT2D eigenvalue weighted by Gasteiger charge is 2.43. The van der Waals surface area contributed by atoms with Crippen molar-refractivity contribution in [3.05, 3.63) is 108 Å². The average molecular weight is 471 g/mol. The van der Waals surface area contributed by atoms with E-state index in [4.69, 9.17) is 17.0 Å². The number of carbonyl (C=O) groups is 1. The van der Waals surface area contributed by atoms with E-state index in [1.165, 1.54) is 0 Å². The molecule has 0 saturated carbocycles. The molecule has 2 aromatic carbocycles. The molecule has 5 rings (SSSR count). The third-order valence-electron chi connectivity index (χ3n) is 5.90. The highest BCUT2D eigenvalue weighted by molar-refractivity contribution is 7.80. The molecule has 0 unspecified atom stereocenters. The number of hydrogen-bond donors (Lipinski definition) is 2. The van der Waals surface area contributed by atoms with Crippen LogP contribution in [0.4, 0.5) is 5.69 Å². The van der Waals surface area contributed by atoms with Crippen LogP contribution < -0.4 is 15.0 Å². The summed E-state index contributed by atoms with van der Waals surface area (Å²) in [5.41, 5.74) is 3.58. The Hall–Kier alpha value is -4.17. The number of pyridine rings is 1. The number of carboxylic acid groups (broad SMARTS) is 1. The Morgan fingerprint density at radius 1 is 1.06 bits per heavy atom. The molecule has 1 fully saturated rings. The summed E-state index contributed by atoms with van der Waals surface area (Å²) in [6, 6.07) is 23.9. The average Bonchev–Trinajstić information content (AvgIpc) is 3.49. The summed E-state index contributed by atoms with van der Waals surface area (Å²) in [4.78, 5) is 18.2. The second-order valence-corrected chi connectivity index (χ2v) is 8.21. The molecule has 1 saturated heterocycles. The summed E-state index contributed by atoms with van der Waals surface area (Å²) in [5.74, 6) is -0.273. The van der Waals surface area contributed by atoms with Crippen LogP contribution in [0.25, 0.3) is 5.69 Å². The number of rotatable bonds is 6. The summed E-state index contributed by atoms with van der Waals surface area (Å²) in [7, 11) is 1.64. The molecule has 1 aliphatic rings. The van der Waals surface area contributed by atoms with E-state index in [0.29, 0.717) is 10.9 Å². The number of aromatic nitrogens is 2. The van der Waals surface area contributed by atoms with Gasteiger partial charge in [-0.3, -0.25) is 4.98 Å². The Morgan fingerprint density at radius 3 is 2.65 bits per heavy atom. The zero-order chi connectivity index (χ0) is 23.7. The fourth-order valence-corrected chi connectivity index (χ4v) is 4.74. The summed E-state index contributed by atoms with van der Waals surface area (Å²) >= 11 is 5.82. The van der Waals surface area contributed by atoms with Crippen LogP contribution >= 0.6 is 12.2 Å². The van der Waals surface area contributed by atoms with Crippen LogP contribution in [0, 0.1) is 0 Å². The lowest BCUT2D eigenvalue weighted by Crippen LogP contribution is -2.30. The van der Waals surface area contributed by atoms with Crippen molar-refractivity contribution in [1.82, 2.24) is 14.9 Å². The molecule has 2 N–H and O–H groups in total. The Bertz CT molecular complexity index is 1350. The van der Waals surface area contributed by atoms with Gasteiger partial charge < -0.3 is 24.6 Å². The lowest BCUT2D eigenvalue weighted by molar-refractivity contribution is 0.0697. The van der Waals surface area contributed by atoms with Crippen molar-refractivity contribution >= 4 is 29.0 Å². The van der Waals surface area contributed by atoms with Gasteiger partial charge in [0.2, 0.25) is 0 Å². The number of nitrogens with one attached hydrogen (secondary N) is 1. The molecular weight excluding hydrogens is 448 g/mol. The van der Waals surface area contributed by atoms with Crippen LogP contribution in [-0.2, 0) is 0 Å². The number of nitrogens with zero attached hydrogens (tertiary/aromatic N) is 3. The zero-order valence-corrected chi connectivity index (χ0v) is 19.1. The number of methoxy groups -OCH3 is 1. The molecule has 3 heterocycles. The van der Waals surface area contributed by atoms with Gasteiger partial charge in [-0.25, -0.2) is 4.79 Å². The lowest BCUT2D eigenvalue weighted by Gasteiger charge is -2.30. The highest BCUT2D eigenvalue weighted by atomic mass is 32.1. The van der Waals surface area contributed by atoms with Crippen LogP contribution in [0.3, 0.4) is 0 Å². The van der Waals surface area contributed by atoms with E-state index in [0.717, 1.165) is 22.8 Å². The van der Waals surface area contributed by atoms with Crippen LogP contribution in [0.15, 0.2) is 91.3 Å². The Labute approximate surface area is 202 Å². The smallest absolute Gasteiger partial charge is 0.335 e. The van der Waals surface area contributed by atoms with Crippen LogP contribution in [0.1, 0.15) is 33.8 Å². The minimum atomic E-state index is -0.971. The summed E-state index contributed by atoms with van der Waals surface area (Å²) < 4.78 is 7.64. The predicted octanol–water partition coefficient (Wildman–Crippen LogP) is 4.76. The quantitative estimate of drug-likeness (QED) is 0.394. The third-order valence-corrected chi connectivity index (χ3v) is 6.21.